The third-order valence-electron chi connectivity index (χ3n) is 1.61. The van der Waals surface area contributed by atoms with Gasteiger partial charge in [0.25, 0.3) is 5.91 Å². The van der Waals surface area contributed by atoms with Crippen molar-refractivity contribution in [2.45, 2.75) is 15.9 Å². The summed E-state index contributed by atoms with van der Waals surface area (Å²) in [6.07, 6.45) is -0.643. The molecule has 1 aliphatic heterocycles. The summed E-state index contributed by atoms with van der Waals surface area (Å²) in [4.78, 5) is 10.8. The molecule has 0 aromatic carbocycles. The van der Waals surface area contributed by atoms with Crippen LogP contribution in [0.15, 0.2) is 0 Å². The number of rotatable bonds is 2. The molecule has 7 heteroatoms. The zero-order valence-electron chi connectivity index (χ0n) is 6.42. The van der Waals surface area contributed by atoms with Crippen LogP contribution in [0.25, 0.3) is 0 Å². The minimum absolute atomic E-state index is 0.396. The molecule has 0 aromatic rings. The van der Waals surface area contributed by atoms with E-state index in [1.165, 1.54) is 4.90 Å². The van der Waals surface area contributed by atoms with Gasteiger partial charge in [0, 0.05) is 6.54 Å². The highest BCUT2D eigenvalue weighted by Gasteiger charge is 2.36. The first-order chi connectivity index (χ1) is 6.04. The average Bonchev–Trinajstić information content (AvgIpc) is 2.50. The zero-order chi connectivity index (χ0) is 10.0. The molecule has 1 rings (SSSR count). The lowest BCUT2D eigenvalue weighted by Crippen LogP contribution is -2.42. The topological polar surface area (TPSA) is 29.5 Å². The first kappa shape index (κ1) is 11.7. The fraction of sp³-hybridized carbons (Fsp3) is 0.833. The number of halogens is 4. The van der Waals surface area contributed by atoms with Crippen molar-refractivity contribution in [2.24, 2.45) is 0 Å². The fourth-order valence-electron chi connectivity index (χ4n) is 1.06. The van der Waals surface area contributed by atoms with Crippen LogP contribution in [0.4, 0.5) is 0 Å². The number of alkyl halides is 4. The quantitative estimate of drug-likeness (QED) is 0.713. The summed E-state index contributed by atoms with van der Waals surface area (Å²) in [5, 5.41) is 0. The van der Waals surface area contributed by atoms with Gasteiger partial charge in [0.2, 0.25) is 0 Å². The minimum Gasteiger partial charge on any atom is -0.354 e. The van der Waals surface area contributed by atoms with Crippen LogP contribution < -0.4 is 0 Å². The van der Waals surface area contributed by atoms with Gasteiger partial charge in [-0.1, -0.05) is 23.2 Å². The van der Waals surface area contributed by atoms with Crippen LogP contribution in [-0.2, 0) is 9.53 Å². The molecule has 1 atom stereocenters. The van der Waals surface area contributed by atoms with Crippen LogP contribution in [0, 0.1) is 0 Å². The van der Waals surface area contributed by atoms with Gasteiger partial charge in [0.15, 0.2) is 15.9 Å². The van der Waals surface area contributed by atoms with Crippen molar-refractivity contribution in [3.8, 4) is 0 Å². The fourth-order valence-corrected chi connectivity index (χ4v) is 1.73. The number of hydrogen-bond acceptors (Lipinski definition) is 2. The van der Waals surface area contributed by atoms with Gasteiger partial charge in [-0.25, -0.2) is 0 Å². The van der Waals surface area contributed by atoms with Gasteiger partial charge in [0.05, 0.1) is 6.61 Å². The van der Waals surface area contributed by atoms with Crippen molar-refractivity contribution >= 4 is 52.3 Å². The Morgan fingerprint density at radius 3 is 2.46 bits per heavy atom. The molecule has 13 heavy (non-hydrogen) atoms. The smallest absolute Gasteiger partial charge is 0.258 e. The molecule has 1 unspecified atom stereocenters. The summed E-state index contributed by atoms with van der Waals surface area (Å²) in [6.45, 7) is 0.808. The molecule has 0 spiro atoms. The van der Waals surface area contributed by atoms with Gasteiger partial charge < -0.3 is 9.64 Å². The van der Waals surface area contributed by atoms with Crippen molar-refractivity contribution in [1.29, 1.82) is 0 Å². The molecule has 0 aliphatic carbocycles. The highest BCUT2D eigenvalue weighted by molar-refractivity contribution is 6.53. The first-order valence-corrected chi connectivity index (χ1v) is 5.27. The summed E-state index contributed by atoms with van der Waals surface area (Å²) in [6, 6.07) is 0. The third-order valence-corrected chi connectivity index (χ3v) is 2.42. The zero-order valence-corrected chi connectivity index (χ0v) is 9.45. The van der Waals surface area contributed by atoms with Gasteiger partial charge in [-0.3, -0.25) is 4.79 Å². The summed E-state index contributed by atoms with van der Waals surface area (Å²) in [5.74, 6) is -0.433. The van der Waals surface area contributed by atoms with E-state index in [0.717, 1.165) is 0 Å². The first-order valence-electron chi connectivity index (χ1n) is 3.52. The molecular formula is C6H7Cl4NO2. The van der Waals surface area contributed by atoms with E-state index in [2.05, 4.69) is 0 Å². The second-order valence-electron chi connectivity index (χ2n) is 2.43. The van der Waals surface area contributed by atoms with E-state index >= 15 is 0 Å². The maximum Gasteiger partial charge on any atom is 0.258 e. The Morgan fingerprint density at radius 1 is 1.38 bits per heavy atom. The highest BCUT2D eigenvalue weighted by Crippen LogP contribution is 2.22. The summed E-state index contributed by atoms with van der Waals surface area (Å²) in [7, 11) is 0. The standard InChI is InChI=1S/C6H7Cl4NO2/c7-3(8)5(12)11-1-2-13-6(11)4(9)10/h3-4,6H,1-2H2. The summed E-state index contributed by atoms with van der Waals surface area (Å²) >= 11 is 22.0. The van der Waals surface area contributed by atoms with Crippen LogP contribution in [0.1, 0.15) is 0 Å². The van der Waals surface area contributed by atoms with E-state index < -0.39 is 21.8 Å². The Bertz CT molecular complexity index is 199. The number of carbonyl (C=O) groups is 1. The lowest BCUT2D eigenvalue weighted by atomic mass is 10.5. The van der Waals surface area contributed by atoms with E-state index in [1.54, 1.807) is 0 Å². The van der Waals surface area contributed by atoms with E-state index in [0.29, 0.717) is 13.2 Å². The largest absolute Gasteiger partial charge is 0.354 e. The Hall–Kier alpha value is 0.590. The lowest BCUT2D eigenvalue weighted by Gasteiger charge is -2.23. The van der Waals surface area contributed by atoms with Crippen molar-refractivity contribution in [3.63, 3.8) is 0 Å². The van der Waals surface area contributed by atoms with Crippen LogP contribution in [0.3, 0.4) is 0 Å². The van der Waals surface area contributed by atoms with Gasteiger partial charge in [-0.05, 0) is 0 Å². The van der Waals surface area contributed by atoms with Crippen LogP contribution in [-0.4, -0.2) is 39.9 Å². The number of ether oxygens (including phenoxy) is 1. The monoisotopic (exact) mass is 265 g/mol. The number of nitrogens with zero attached hydrogens (tertiary/aromatic N) is 1. The van der Waals surface area contributed by atoms with Crippen molar-refractivity contribution in [2.75, 3.05) is 13.2 Å². The average molecular weight is 267 g/mol. The molecule has 0 bridgehead atoms. The molecule has 3 nitrogen and oxygen atoms in total. The third kappa shape index (κ3) is 2.77. The molecule has 0 N–H and O–H groups in total. The molecule has 1 saturated heterocycles. The molecule has 0 radical (unpaired) electrons. The van der Waals surface area contributed by atoms with Crippen LogP contribution in [0.5, 0.6) is 0 Å². The normalized spacial score (nSPS) is 23.2. The van der Waals surface area contributed by atoms with E-state index in [4.69, 9.17) is 51.1 Å². The van der Waals surface area contributed by atoms with Gasteiger partial charge >= 0.3 is 0 Å². The molecular weight excluding hydrogens is 260 g/mol. The van der Waals surface area contributed by atoms with Crippen molar-refractivity contribution in [1.82, 2.24) is 4.90 Å². The minimum atomic E-state index is -1.10. The summed E-state index contributed by atoms with van der Waals surface area (Å²) < 4.78 is 5.12. The number of amides is 1. The predicted octanol–water partition coefficient (Wildman–Crippen LogP) is 1.78. The molecule has 0 saturated carbocycles. The van der Waals surface area contributed by atoms with Crippen molar-refractivity contribution < 1.29 is 9.53 Å². The van der Waals surface area contributed by atoms with E-state index in [1.807, 2.05) is 0 Å². The Kier molecular flexibility index (Phi) is 4.39. The molecule has 1 heterocycles. The number of carbonyl (C=O) groups excluding carboxylic acids is 1. The van der Waals surface area contributed by atoms with E-state index in [-0.39, 0.29) is 0 Å². The van der Waals surface area contributed by atoms with Crippen molar-refractivity contribution in [3.05, 3.63) is 0 Å². The maximum absolute atomic E-state index is 11.3. The maximum atomic E-state index is 11.3. The highest BCUT2D eigenvalue weighted by atomic mass is 35.5. The SMILES string of the molecule is O=C(C(Cl)Cl)N1CCOC1C(Cl)Cl. The molecule has 1 amide bonds. The lowest BCUT2D eigenvalue weighted by molar-refractivity contribution is -0.133. The molecule has 1 aliphatic rings. The Labute approximate surface area is 95.8 Å². The van der Waals surface area contributed by atoms with Gasteiger partial charge in [-0.15, -0.1) is 23.2 Å². The van der Waals surface area contributed by atoms with E-state index in [9.17, 15) is 4.79 Å². The molecule has 1 fully saturated rings. The molecule has 76 valence electrons. The van der Waals surface area contributed by atoms with Gasteiger partial charge in [-0.2, -0.15) is 0 Å². The molecule has 0 aromatic heterocycles. The summed E-state index contributed by atoms with van der Waals surface area (Å²) in [5.41, 5.74) is 0. The van der Waals surface area contributed by atoms with Gasteiger partial charge in [0.1, 0.15) is 0 Å². The van der Waals surface area contributed by atoms with Crippen LogP contribution >= 0.6 is 46.4 Å². The van der Waals surface area contributed by atoms with Crippen LogP contribution in [0.2, 0.25) is 0 Å². The second-order valence-corrected chi connectivity index (χ2v) is 4.69. The predicted molar refractivity (Wildman–Crippen MR) is 52.4 cm³/mol. The number of hydrogen-bond donors (Lipinski definition) is 0. The Morgan fingerprint density at radius 2 is 2.00 bits per heavy atom. The second kappa shape index (κ2) is 4.89. The Balaban J connectivity index is 2.63.